The first kappa shape index (κ1) is 12.9. The van der Waals surface area contributed by atoms with Gasteiger partial charge < -0.3 is 10.0 Å². The fourth-order valence-electron chi connectivity index (χ4n) is 2.16. The van der Waals surface area contributed by atoms with Gasteiger partial charge in [0.1, 0.15) is 0 Å². The fraction of sp³-hybridized carbons (Fsp3) is 0.538. The van der Waals surface area contributed by atoms with Crippen molar-refractivity contribution in [1.29, 1.82) is 0 Å². The van der Waals surface area contributed by atoms with Crippen LogP contribution in [0.4, 0.5) is 5.69 Å². The van der Waals surface area contributed by atoms with Crippen molar-refractivity contribution in [3.63, 3.8) is 0 Å². The van der Waals surface area contributed by atoms with Crippen LogP contribution in [0.3, 0.4) is 0 Å². The number of halogens is 1. The van der Waals surface area contributed by atoms with E-state index in [1.54, 1.807) is 0 Å². The second-order valence-electron chi connectivity index (χ2n) is 4.70. The van der Waals surface area contributed by atoms with Crippen molar-refractivity contribution in [2.75, 3.05) is 38.2 Å². The lowest BCUT2D eigenvalue weighted by atomic mass is 10.1. The van der Waals surface area contributed by atoms with E-state index in [1.165, 1.54) is 11.3 Å². The molecule has 17 heavy (non-hydrogen) atoms. The summed E-state index contributed by atoms with van der Waals surface area (Å²) in [7, 11) is 2.07. The number of likely N-dealkylation sites (N-methyl/N-ethyl adjacent to an activating group) is 1. The van der Waals surface area contributed by atoms with Crippen LogP contribution in [0, 0.1) is 6.92 Å². The number of aryl methyl sites for hydroxylation is 1. The van der Waals surface area contributed by atoms with Gasteiger partial charge in [0, 0.05) is 29.8 Å². The molecule has 0 amide bonds. The molecule has 1 aliphatic rings. The van der Waals surface area contributed by atoms with Crippen LogP contribution in [0.1, 0.15) is 5.56 Å². The molecule has 1 heterocycles. The Morgan fingerprint density at radius 2 is 2.18 bits per heavy atom. The highest BCUT2D eigenvalue weighted by Crippen LogP contribution is 2.25. The summed E-state index contributed by atoms with van der Waals surface area (Å²) in [6, 6.07) is 6.68. The van der Waals surface area contributed by atoms with Gasteiger partial charge in [-0.05, 0) is 31.7 Å². The molecule has 1 atom stereocenters. The quantitative estimate of drug-likeness (QED) is 0.903. The number of hydrogen-bond donors (Lipinski definition) is 1. The Hall–Kier alpha value is -0.580. The Labute approximate surface area is 111 Å². The normalized spacial score (nSPS) is 21.9. The van der Waals surface area contributed by atoms with Gasteiger partial charge in [-0.15, -0.1) is 0 Å². The van der Waals surface area contributed by atoms with E-state index in [0.717, 1.165) is 24.1 Å². The highest BCUT2D eigenvalue weighted by molar-refractivity contribution is 9.10. The van der Waals surface area contributed by atoms with E-state index in [0.29, 0.717) is 0 Å². The van der Waals surface area contributed by atoms with Gasteiger partial charge in [-0.3, -0.25) is 4.90 Å². The van der Waals surface area contributed by atoms with Crippen LogP contribution in [-0.4, -0.2) is 49.3 Å². The zero-order chi connectivity index (χ0) is 12.4. The minimum absolute atomic E-state index is 0.222. The van der Waals surface area contributed by atoms with Gasteiger partial charge in [0.25, 0.3) is 0 Å². The predicted molar refractivity (Wildman–Crippen MR) is 74.6 cm³/mol. The molecule has 0 bridgehead atoms. The molecule has 94 valence electrons. The number of aliphatic hydroxyl groups is 1. The number of piperazine rings is 1. The Balaban J connectivity index is 2.14. The first-order valence-corrected chi connectivity index (χ1v) is 6.73. The zero-order valence-electron chi connectivity index (χ0n) is 10.4. The van der Waals surface area contributed by atoms with E-state index >= 15 is 0 Å². The van der Waals surface area contributed by atoms with Crippen LogP contribution < -0.4 is 4.90 Å². The number of rotatable bonds is 2. The molecule has 1 aromatic rings. The molecule has 1 N–H and O–H groups in total. The topological polar surface area (TPSA) is 26.7 Å². The minimum atomic E-state index is 0.222. The molecule has 1 fully saturated rings. The number of benzene rings is 1. The molecule has 0 spiro atoms. The largest absolute Gasteiger partial charge is 0.395 e. The first-order valence-electron chi connectivity index (χ1n) is 5.94. The van der Waals surface area contributed by atoms with E-state index in [1.807, 2.05) is 0 Å². The molecular weight excluding hydrogens is 280 g/mol. The summed E-state index contributed by atoms with van der Waals surface area (Å²) in [4.78, 5) is 4.56. The van der Waals surface area contributed by atoms with Gasteiger partial charge in [-0.2, -0.15) is 0 Å². The summed E-state index contributed by atoms with van der Waals surface area (Å²) in [6.07, 6.45) is 0. The molecule has 0 aromatic heterocycles. The second kappa shape index (κ2) is 5.38. The first-order chi connectivity index (χ1) is 8.11. The third-order valence-corrected chi connectivity index (χ3v) is 4.36. The van der Waals surface area contributed by atoms with Crippen LogP contribution in [-0.2, 0) is 0 Å². The van der Waals surface area contributed by atoms with Gasteiger partial charge in [-0.1, -0.05) is 22.0 Å². The maximum absolute atomic E-state index is 9.35. The van der Waals surface area contributed by atoms with Gasteiger partial charge in [0.05, 0.1) is 12.6 Å². The number of hydrogen-bond acceptors (Lipinski definition) is 3. The minimum Gasteiger partial charge on any atom is -0.395 e. The third-order valence-electron chi connectivity index (χ3n) is 3.51. The molecular formula is C13H19BrN2O. The van der Waals surface area contributed by atoms with Crippen LogP contribution >= 0.6 is 15.9 Å². The SMILES string of the molecule is Cc1ccc(N2CCN(C)C(CO)C2)cc1Br. The van der Waals surface area contributed by atoms with E-state index in [4.69, 9.17) is 0 Å². The van der Waals surface area contributed by atoms with Crippen LogP contribution in [0.15, 0.2) is 22.7 Å². The van der Waals surface area contributed by atoms with E-state index in [9.17, 15) is 5.11 Å². The number of nitrogens with zero attached hydrogens (tertiary/aromatic N) is 2. The fourth-order valence-corrected chi connectivity index (χ4v) is 2.52. The standard InChI is InChI=1S/C13H19BrN2O/c1-10-3-4-11(7-13(10)14)16-6-5-15(2)12(8-16)9-17/h3-4,7,12,17H,5-6,8-9H2,1-2H3. The highest BCUT2D eigenvalue weighted by Gasteiger charge is 2.23. The highest BCUT2D eigenvalue weighted by atomic mass is 79.9. The molecule has 0 radical (unpaired) electrons. The van der Waals surface area contributed by atoms with E-state index in [2.05, 4.69) is 57.9 Å². The second-order valence-corrected chi connectivity index (χ2v) is 5.55. The molecule has 1 unspecified atom stereocenters. The zero-order valence-corrected chi connectivity index (χ0v) is 11.9. The lowest BCUT2D eigenvalue weighted by molar-refractivity contribution is 0.135. The molecule has 3 nitrogen and oxygen atoms in total. The summed E-state index contributed by atoms with van der Waals surface area (Å²) in [6.45, 7) is 5.22. The monoisotopic (exact) mass is 298 g/mol. The van der Waals surface area contributed by atoms with Crippen LogP contribution in [0.2, 0.25) is 0 Å². The lowest BCUT2D eigenvalue weighted by Crippen LogP contribution is -2.53. The van der Waals surface area contributed by atoms with Crippen LogP contribution in [0.25, 0.3) is 0 Å². The third kappa shape index (κ3) is 2.81. The Bertz CT molecular complexity index is 397. The average molecular weight is 299 g/mol. The van der Waals surface area contributed by atoms with E-state index in [-0.39, 0.29) is 12.6 Å². The summed E-state index contributed by atoms with van der Waals surface area (Å²) < 4.78 is 1.15. The number of aliphatic hydroxyl groups excluding tert-OH is 1. The lowest BCUT2D eigenvalue weighted by Gasteiger charge is -2.40. The van der Waals surface area contributed by atoms with Crippen molar-refractivity contribution >= 4 is 21.6 Å². The van der Waals surface area contributed by atoms with Gasteiger partial charge >= 0.3 is 0 Å². The molecule has 1 aliphatic heterocycles. The van der Waals surface area contributed by atoms with Crippen molar-refractivity contribution in [2.45, 2.75) is 13.0 Å². The maximum atomic E-state index is 9.35. The van der Waals surface area contributed by atoms with Gasteiger partial charge in [-0.25, -0.2) is 0 Å². The van der Waals surface area contributed by atoms with Crippen molar-refractivity contribution in [2.24, 2.45) is 0 Å². The Morgan fingerprint density at radius 3 is 2.82 bits per heavy atom. The molecule has 0 saturated carbocycles. The van der Waals surface area contributed by atoms with Gasteiger partial charge in [0.15, 0.2) is 0 Å². The van der Waals surface area contributed by atoms with Crippen molar-refractivity contribution in [3.8, 4) is 0 Å². The van der Waals surface area contributed by atoms with E-state index < -0.39 is 0 Å². The Kier molecular flexibility index (Phi) is 4.07. The van der Waals surface area contributed by atoms with Crippen molar-refractivity contribution in [3.05, 3.63) is 28.2 Å². The maximum Gasteiger partial charge on any atom is 0.0604 e. The van der Waals surface area contributed by atoms with Gasteiger partial charge in [0.2, 0.25) is 0 Å². The molecule has 2 rings (SSSR count). The van der Waals surface area contributed by atoms with Crippen molar-refractivity contribution < 1.29 is 5.11 Å². The molecule has 0 aliphatic carbocycles. The van der Waals surface area contributed by atoms with Crippen molar-refractivity contribution in [1.82, 2.24) is 4.90 Å². The summed E-state index contributed by atoms with van der Waals surface area (Å²) in [5.41, 5.74) is 2.48. The smallest absolute Gasteiger partial charge is 0.0604 e. The van der Waals surface area contributed by atoms with Crippen LogP contribution in [0.5, 0.6) is 0 Å². The summed E-state index contributed by atoms with van der Waals surface area (Å²) in [5.74, 6) is 0. The summed E-state index contributed by atoms with van der Waals surface area (Å²) >= 11 is 3.57. The average Bonchev–Trinajstić information content (AvgIpc) is 2.33. The Morgan fingerprint density at radius 1 is 1.41 bits per heavy atom. The predicted octanol–water partition coefficient (Wildman–Crippen LogP) is 1.87. The molecule has 4 heteroatoms. The number of anilines is 1. The molecule has 1 saturated heterocycles. The molecule has 1 aromatic carbocycles. The summed E-state index contributed by atoms with van der Waals surface area (Å²) in [5, 5.41) is 9.35.